The second kappa shape index (κ2) is 9.43. The lowest BCUT2D eigenvalue weighted by Gasteiger charge is -2.16. The number of amides is 2. The van der Waals surface area contributed by atoms with Crippen molar-refractivity contribution < 1.29 is 9.59 Å². The number of nitrogens with one attached hydrogen (secondary N) is 2. The van der Waals surface area contributed by atoms with Crippen LogP contribution in [0.15, 0.2) is 24.7 Å². The number of aromatic nitrogens is 3. The van der Waals surface area contributed by atoms with E-state index in [1.165, 1.54) is 23.5 Å². The van der Waals surface area contributed by atoms with E-state index in [1.807, 2.05) is 12.1 Å². The lowest BCUT2D eigenvalue weighted by atomic mass is 10.1. The Hall–Kier alpha value is -4.05. The van der Waals surface area contributed by atoms with Crippen molar-refractivity contribution in [2.75, 3.05) is 30.8 Å². The molecule has 10 heteroatoms. The van der Waals surface area contributed by atoms with E-state index in [4.69, 9.17) is 5.26 Å². The Morgan fingerprint density at radius 1 is 1.20 bits per heavy atom. The molecule has 0 saturated heterocycles. The second-order valence-corrected chi connectivity index (χ2v) is 6.86. The number of pyridine rings is 1. The Bertz CT molecular complexity index is 1020. The first kappa shape index (κ1) is 20.7. The number of likely N-dealkylation sites (N-methyl/N-ethyl adjacent to an activating group) is 1. The van der Waals surface area contributed by atoms with E-state index in [0.717, 1.165) is 12.8 Å². The fourth-order valence-corrected chi connectivity index (χ4v) is 2.59. The zero-order valence-electron chi connectivity index (χ0n) is 16.4. The predicted octanol–water partition coefficient (Wildman–Crippen LogP) is 1.54. The number of nitrogens with zero attached hydrogens (tertiary/aromatic N) is 6. The molecular formula is C20H20N8O2. The number of carbonyl (C=O) groups excluding carboxylic acids is 2. The first-order valence-electron chi connectivity index (χ1n) is 9.40. The van der Waals surface area contributed by atoms with Crippen molar-refractivity contribution in [3.63, 3.8) is 0 Å². The highest BCUT2D eigenvalue weighted by Gasteiger charge is 2.29. The molecule has 1 aliphatic rings. The minimum absolute atomic E-state index is 0.0421. The summed E-state index contributed by atoms with van der Waals surface area (Å²) in [7, 11) is 1.61. The molecule has 0 atom stereocenters. The van der Waals surface area contributed by atoms with Gasteiger partial charge in [-0.1, -0.05) is 0 Å². The second-order valence-electron chi connectivity index (χ2n) is 6.86. The van der Waals surface area contributed by atoms with Gasteiger partial charge in [-0.3, -0.25) is 14.6 Å². The molecule has 152 valence electrons. The van der Waals surface area contributed by atoms with Crippen LogP contribution in [0, 0.1) is 28.6 Å². The molecule has 2 aromatic rings. The largest absolute Gasteiger partial charge is 0.374 e. The topological polar surface area (TPSA) is 148 Å². The molecule has 0 spiro atoms. The van der Waals surface area contributed by atoms with Crippen LogP contribution in [-0.4, -0.2) is 51.8 Å². The third-order valence-electron chi connectivity index (χ3n) is 4.56. The molecule has 3 rings (SSSR count). The molecule has 0 aliphatic heterocycles. The number of carbonyl (C=O) groups is 2. The quantitative estimate of drug-likeness (QED) is 0.673. The lowest BCUT2D eigenvalue weighted by Crippen LogP contribution is -2.33. The van der Waals surface area contributed by atoms with Gasteiger partial charge in [-0.2, -0.15) is 10.5 Å². The number of nitriles is 2. The molecule has 1 fully saturated rings. The zero-order chi connectivity index (χ0) is 21.5. The van der Waals surface area contributed by atoms with Crippen LogP contribution in [0.1, 0.15) is 25.0 Å². The van der Waals surface area contributed by atoms with Gasteiger partial charge in [0.05, 0.1) is 42.8 Å². The summed E-state index contributed by atoms with van der Waals surface area (Å²) in [6.45, 7) is 0.291. The maximum absolute atomic E-state index is 12.1. The Balaban J connectivity index is 1.69. The maximum atomic E-state index is 12.1. The highest BCUT2D eigenvalue weighted by atomic mass is 16.2. The van der Waals surface area contributed by atoms with Crippen molar-refractivity contribution in [2.24, 2.45) is 5.92 Å². The summed E-state index contributed by atoms with van der Waals surface area (Å²) in [6, 6.07) is 5.64. The molecule has 2 amide bonds. The summed E-state index contributed by atoms with van der Waals surface area (Å²) in [5.41, 5.74) is 1.66. The fraction of sp³-hybridized carbons (Fsp3) is 0.350. The van der Waals surface area contributed by atoms with Gasteiger partial charge in [0.25, 0.3) is 0 Å². The van der Waals surface area contributed by atoms with Crippen LogP contribution in [0.25, 0.3) is 11.3 Å². The van der Waals surface area contributed by atoms with Gasteiger partial charge >= 0.3 is 0 Å². The van der Waals surface area contributed by atoms with Crippen LogP contribution in [-0.2, 0) is 9.59 Å². The van der Waals surface area contributed by atoms with Crippen LogP contribution in [0.2, 0.25) is 0 Å². The van der Waals surface area contributed by atoms with E-state index in [0.29, 0.717) is 29.3 Å². The van der Waals surface area contributed by atoms with Gasteiger partial charge < -0.3 is 15.5 Å². The first-order chi connectivity index (χ1) is 14.5. The van der Waals surface area contributed by atoms with Crippen LogP contribution >= 0.6 is 0 Å². The van der Waals surface area contributed by atoms with Crippen molar-refractivity contribution in [3.05, 3.63) is 30.4 Å². The summed E-state index contributed by atoms with van der Waals surface area (Å²) >= 11 is 0. The molecular weight excluding hydrogens is 384 g/mol. The highest BCUT2D eigenvalue weighted by Crippen LogP contribution is 2.30. The van der Waals surface area contributed by atoms with Crippen molar-refractivity contribution in [1.82, 2.24) is 19.9 Å². The average molecular weight is 404 g/mol. The molecule has 10 nitrogen and oxygen atoms in total. The van der Waals surface area contributed by atoms with Gasteiger partial charge in [0, 0.05) is 31.3 Å². The van der Waals surface area contributed by atoms with Gasteiger partial charge in [0.15, 0.2) is 11.5 Å². The lowest BCUT2D eigenvalue weighted by molar-refractivity contribution is -0.128. The van der Waals surface area contributed by atoms with E-state index in [-0.39, 0.29) is 36.4 Å². The van der Waals surface area contributed by atoms with Crippen LogP contribution in [0.5, 0.6) is 0 Å². The van der Waals surface area contributed by atoms with E-state index in [9.17, 15) is 14.9 Å². The number of hydrogen-bond donors (Lipinski definition) is 2. The van der Waals surface area contributed by atoms with E-state index in [1.54, 1.807) is 13.1 Å². The van der Waals surface area contributed by atoms with Crippen LogP contribution in [0.4, 0.5) is 11.5 Å². The Morgan fingerprint density at radius 2 is 2.00 bits per heavy atom. The van der Waals surface area contributed by atoms with Gasteiger partial charge in [0.1, 0.15) is 6.07 Å². The van der Waals surface area contributed by atoms with Crippen molar-refractivity contribution in [2.45, 2.75) is 19.3 Å². The van der Waals surface area contributed by atoms with Gasteiger partial charge in [-0.25, -0.2) is 9.97 Å². The van der Waals surface area contributed by atoms with Crippen molar-refractivity contribution >= 4 is 23.3 Å². The maximum Gasteiger partial charge on any atom is 0.241 e. The molecule has 0 aromatic carbocycles. The predicted molar refractivity (Wildman–Crippen MR) is 108 cm³/mol. The molecule has 0 radical (unpaired) electrons. The van der Waals surface area contributed by atoms with Crippen LogP contribution in [0.3, 0.4) is 0 Å². The summed E-state index contributed by atoms with van der Waals surface area (Å²) in [5.74, 6) is 0.189. The van der Waals surface area contributed by atoms with E-state index < -0.39 is 0 Å². The number of rotatable bonds is 8. The number of anilines is 2. The Kier molecular flexibility index (Phi) is 6.50. The monoisotopic (exact) mass is 404 g/mol. The zero-order valence-corrected chi connectivity index (χ0v) is 16.4. The minimum atomic E-state index is -0.213. The Labute approximate surface area is 173 Å². The van der Waals surface area contributed by atoms with E-state index >= 15 is 0 Å². The summed E-state index contributed by atoms with van der Waals surface area (Å²) in [4.78, 5) is 38.0. The smallest absolute Gasteiger partial charge is 0.241 e. The van der Waals surface area contributed by atoms with Crippen molar-refractivity contribution in [3.8, 4) is 23.4 Å². The summed E-state index contributed by atoms with van der Waals surface area (Å²) in [6.07, 6.45) is 6.53. The molecule has 30 heavy (non-hydrogen) atoms. The molecule has 0 unspecified atom stereocenters. The number of hydrogen-bond acceptors (Lipinski definition) is 8. The molecule has 2 heterocycles. The van der Waals surface area contributed by atoms with Gasteiger partial charge in [-0.15, -0.1) is 0 Å². The Morgan fingerprint density at radius 3 is 2.63 bits per heavy atom. The summed E-state index contributed by atoms with van der Waals surface area (Å²) < 4.78 is 0. The highest BCUT2D eigenvalue weighted by molar-refractivity contribution is 5.93. The third-order valence-corrected chi connectivity index (χ3v) is 4.56. The van der Waals surface area contributed by atoms with E-state index in [2.05, 4.69) is 25.6 Å². The third kappa shape index (κ3) is 5.26. The standard InChI is InChI=1S/C20H20N8O2/c1-28(6-2-5-21)19(29)12-25-15-7-14(9-23-16(15)8-22)17-10-26-18(11-24-17)27-20(30)13-3-4-13/h7,9-11,13,25H,2-4,6,12H2,1H3,(H,26,27,30). The first-order valence-corrected chi connectivity index (χ1v) is 9.40. The average Bonchev–Trinajstić information content (AvgIpc) is 3.61. The van der Waals surface area contributed by atoms with Gasteiger partial charge in [-0.05, 0) is 18.9 Å². The minimum Gasteiger partial charge on any atom is -0.374 e. The molecule has 1 saturated carbocycles. The molecule has 1 aliphatic carbocycles. The molecule has 0 bridgehead atoms. The van der Waals surface area contributed by atoms with Gasteiger partial charge in [0.2, 0.25) is 11.8 Å². The summed E-state index contributed by atoms with van der Waals surface area (Å²) in [5, 5.41) is 23.6. The normalized spacial score (nSPS) is 12.4. The molecule has 2 aromatic heterocycles. The van der Waals surface area contributed by atoms with Crippen molar-refractivity contribution in [1.29, 1.82) is 10.5 Å². The van der Waals surface area contributed by atoms with Crippen LogP contribution < -0.4 is 10.6 Å². The fourth-order valence-electron chi connectivity index (χ4n) is 2.59. The SMILES string of the molecule is CN(CCC#N)C(=O)CNc1cc(-c2cnc(NC(=O)C3CC3)cn2)cnc1C#N. The molecule has 2 N–H and O–H groups in total.